The minimum Gasteiger partial charge on any atom is -1.00 e. The standard InChI is InChI=1S/C47H47Cl2.2ClH.Zr/c1-44(2)21-22-45(3,4)37-27-34-31(26-36(37)44)25-35-39(28-11-9-10-12-28)42-43(47(7,8)24-23-46(42,5)6)41(40(34)35)38(29-13-17-32(48)18-14-29)30-15-19-33(49)20-16-30;;;/h9-11,13-20,26-27H,12,21-24H2,1-8H3;2*1H;/q;;;+2/p-2. The Labute approximate surface area is 347 Å². The van der Waals surface area contributed by atoms with Gasteiger partial charge in [-0.1, -0.05) is 0 Å². The molecule has 4 aliphatic rings. The number of hydrogen-bond donors (Lipinski definition) is 0. The maximum Gasteiger partial charge on any atom is -1.00 e. The molecule has 0 amide bonds. The van der Waals surface area contributed by atoms with Crippen LogP contribution < -0.4 is 35.3 Å². The number of fused-ring (bicyclic) bond motifs is 4. The molecule has 0 aromatic heterocycles. The molecule has 52 heavy (non-hydrogen) atoms. The Bertz CT molecular complexity index is 2360. The third-order valence-corrected chi connectivity index (χ3v) is 14.4. The SMILES string of the molecule is CC1(C)CCC(C)(C)c2cc3c(cc21)=[C]([Zr+2])c1c(C2=CC=CC2)c2c(c(=C(c4ccc(Cl)cc4)c4ccc(Cl)cc4)c1=3)C(C)(C)CCC2(C)C.[Cl-].[Cl-]. The Morgan fingerprint density at radius 3 is 1.54 bits per heavy atom. The molecular formula is C47H47Cl4Zr. The fourth-order valence-electron chi connectivity index (χ4n) is 9.55. The van der Waals surface area contributed by atoms with Gasteiger partial charge in [0.2, 0.25) is 0 Å². The average molecular weight is 845 g/mol. The second-order valence-electron chi connectivity index (χ2n) is 17.8. The molecular weight excluding hydrogens is 798 g/mol. The average Bonchev–Trinajstić information content (AvgIpc) is 3.70. The van der Waals surface area contributed by atoms with E-state index < -0.39 is 0 Å². The summed E-state index contributed by atoms with van der Waals surface area (Å²) in [6, 6.07) is 22.4. The van der Waals surface area contributed by atoms with Gasteiger partial charge in [-0.3, -0.25) is 0 Å². The number of rotatable bonds is 3. The molecule has 4 aromatic rings. The Morgan fingerprint density at radius 1 is 0.596 bits per heavy atom. The zero-order valence-corrected chi connectivity index (χ0v) is 37.0. The third-order valence-electron chi connectivity index (χ3n) is 12.6. The molecule has 0 atom stereocenters. The van der Waals surface area contributed by atoms with Crippen LogP contribution in [0.4, 0.5) is 0 Å². The van der Waals surface area contributed by atoms with E-state index in [1.807, 2.05) is 0 Å². The first-order valence-electron chi connectivity index (χ1n) is 18.3. The van der Waals surface area contributed by atoms with Crippen molar-refractivity contribution in [1.29, 1.82) is 0 Å². The van der Waals surface area contributed by atoms with E-state index in [9.17, 15) is 0 Å². The molecule has 5 heteroatoms. The predicted octanol–water partition coefficient (Wildman–Crippen LogP) is 5.59. The van der Waals surface area contributed by atoms with Crippen LogP contribution in [0, 0.1) is 10.4 Å². The Hall–Kier alpha value is -1.86. The van der Waals surface area contributed by atoms with Gasteiger partial charge in [-0.25, -0.2) is 0 Å². The second-order valence-corrected chi connectivity index (χ2v) is 19.9. The summed E-state index contributed by atoms with van der Waals surface area (Å²) in [7, 11) is 0. The monoisotopic (exact) mass is 841 g/mol. The maximum absolute atomic E-state index is 6.58. The van der Waals surface area contributed by atoms with Gasteiger partial charge in [0.15, 0.2) is 0 Å². The second kappa shape index (κ2) is 13.7. The molecule has 0 unspecified atom stereocenters. The molecule has 0 fully saturated rings. The van der Waals surface area contributed by atoms with Crippen molar-refractivity contribution in [2.75, 3.05) is 0 Å². The zero-order chi connectivity index (χ0) is 35.5. The predicted molar refractivity (Wildman–Crippen MR) is 209 cm³/mol. The van der Waals surface area contributed by atoms with Crippen molar-refractivity contribution < 1.29 is 49.5 Å². The summed E-state index contributed by atoms with van der Waals surface area (Å²) in [6.45, 7) is 19.8. The maximum atomic E-state index is 6.58. The van der Waals surface area contributed by atoms with Crippen LogP contribution in [0.5, 0.6) is 0 Å². The molecule has 0 bridgehead atoms. The summed E-state index contributed by atoms with van der Waals surface area (Å²) in [4.78, 5) is 0. The summed E-state index contributed by atoms with van der Waals surface area (Å²) in [6.07, 6.45) is 12.7. The van der Waals surface area contributed by atoms with Crippen molar-refractivity contribution in [1.82, 2.24) is 0 Å². The van der Waals surface area contributed by atoms with Crippen molar-refractivity contribution in [3.63, 3.8) is 0 Å². The van der Waals surface area contributed by atoms with Crippen molar-refractivity contribution in [3.8, 4) is 0 Å². The summed E-state index contributed by atoms with van der Waals surface area (Å²) in [5.41, 5.74) is 14.4. The number of hydrogen-bond acceptors (Lipinski definition) is 0. The molecule has 0 aliphatic heterocycles. The molecule has 0 saturated carbocycles. The fraction of sp³-hybridized carbons (Fsp3) is 0.362. The smallest absolute Gasteiger partial charge is 1.00 e. The molecule has 4 aromatic carbocycles. The summed E-state index contributed by atoms with van der Waals surface area (Å²) in [5, 5.41) is 7.20. The van der Waals surface area contributed by atoms with E-state index in [2.05, 4.69) is 134 Å². The van der Waals surface area contributed by atoms with Gasteiger partial charge in [0.05, 0.1) is 0 Å². The quantitative estimate of drug-likeness (QED) is 0.253. The van der Waals surface area contributed by atoms with E-state index in [0.29, 0.717) is 0 Å². The molecule has 267 valence electrons. The van der Waals surface area contributed by atoms with Crippen LogP contribution in [-0.4, -0.2) is 0 Å². The molecule has 8 rings (SSSR count). The van der Waals surface area contributed by atoms with E-state index >= 15 is 0 Å². The summed E-state index contributed by atoms with van der Waals surface area (Å²) in [5.74, 6) is 0. The zero-order valence-electron chi connectivity index (χ0n) is 31.6. The van der Waals surface area contributed by atoms with Crippen LogP contribution in [0.1, 0.15) is 132 Å². The Kier molecular flexibility index (Phi) is 10.5. The van der Waals surface area contributed by atoms with Crippen LogP contribution in [0.25, 0.3) is 14.4 Å². The van der Waals surface area contributed by atoms with Gasteiger partial charge in [0.1, 0.15) is 0 Å². The van der Waals surface area contributed by atoms with E-state index in [0.717, 1.165) is 29.3 Å². The van der Waals surface area contributed by atoms with E-state index in [-0.39, 0.29) is 46.5 Å². The van der Waals surface area contributed by atoms with Crippen molar-refractivity contribution in [2.45, 2.75) is 109 Å². The van der Waals surface area contributed by atoms with Gasteiger partial charge >= 0.3 is 326 Å². The molecule has 0 heterocycles. The van der Waals surface area contributed by atoms with Crippen molar-refractivity contribution in [3.05, 3.63) is 154 Å². The van der Waals surface area contributed by atoms with Crippen LogP contribution in [0.15, 0.2) is 78.9 Å². The normalized spacial score (nSPS) is 19.4. The molecule has 0 radical (unpaired) electrons. The van der Waals surface area contributed by atoms with Crippen molar-refractivity contribution >= 4 is 37.6 Å². The van der Waals surface area contributed by atoms with Gasteiger partial charge in [0, 0.05) is 0 Å². The van der Waals surface area contributed by atoms with Gasteiger partial charge in [-0.05, 0) is 0 Å². The van der Waals surface area contributed by atoms with E-state index in [4.69, 9.17) is 23.2 Å². The van der Waals surface area contributed by atoms with Crippen molar-refractivity contribution in [2.24, 2.45) is 0 Å². The van der Waals surface area contributed by atoms with Gasteiger partial charge in [0.25, 0.3) is 0 Å². The third kappa shape index (κ3) is 6.22. The minimum atomic E-state index is -0.0415. The van der Waals surface area contributed by atoms with Crippen LogP contribution >= 0.6 is 23.2 Å². The van der Waals surface area contributed by atoms with Crippen LogP contribution in [0.2, 0.25) is 10.0 Å². The largest absolute Gasteiger partial charge is 1.00 e. The number of allylic oxidation sites excluding steroid dienone is 4. The number of halogens is 4. The van der Waals surface area contributed by atoms with E-state index in [1.165, 1.54) is 112 Å². The number of benzene rings is 4. The summed E-state index contributed by atoms with van der Waals surface area (Å²) < 4.78 is 1.50. The molecule has 0 nitrogen and oxygen atoms in total. The van der Waals surface area contributed by atoms with Crippen LogP contribution in [-0.2, 0) is 46.4 Å². The topological polar surface area (TPSA) is 0 Å². The Balaban J connectivity index is 0.00000232. The minimum absolute atomic E-state index is 0. The van der Waals surface area contributed by atoms with Gasteiger partial charge in [-0.15, -0.1) is 0 Å². The molecule has 4 aliphatic carbocycles. The first kappa shape index (κ1) is 39.8. The molecule has 0 N–H and O–H groups in total. The van der Waals surface area contributed by atoms with Crippen LogP contribution in [0.3, 0.4) is 0 Å². The van der Waals surface area contributed by atoms with E-state index in [1.54, 1.807) is 5.56 Å². The molecule has 0 saturated heterocycles. The Morgan fingerprint density at radius 2 is 1.06 bits per heavy atom. The first-order valence-corrected chi connectivity index (χ1v) is 20.3. The van der Waals surface area contributed by atoms with Gasteiger partial charge < -0.3 is 24.8 Å². The summed E-state index contributed by atoms with van der Waals surface area (Å²) >= 11 is 14.6. The molecule has 0 spiro atoms. The first-order chi connectivity index (χ1) is 23.5. The fourth-order valence-corrected chi connectivity index (χ4v) is 10.9. The van der Waals surface area contributed by atoms with Gasteiger partial charge in [-0.2, -0.15) is 0 Å².